The Kier molecular flexibility index (Phi) is 6.16. The lowest BCUT2D eigenvalue weighted by Gasteiger charge is -2.23. The molecule has 1 rings (SSSR count). The molecule has 0 unspecified atom stereocenters. The Morgan fingerprint density at radius 2 is 2.30 bits per heavy atom. The summed E-state index contributed by atoms with van der Waals surface area (Å²) < 4.78 is 5.25. The molecule has 0 fully saturated rings. The van der Waals surface area contributed by atoms with Crippen molar-refractivity contribution in [1.82, 2.24) is 10.3 Å². The van der Waals surface area contributed by atoms with Gasteiger partial charge in [0.2, 0.25) is 0 Å². The highest BCUT2D eigenvalue weighted by Crippen LogP contribution is 2.08. The minimum atomic E-state index is -0.425. The Morgan fingerprint density at radius 3 is 2.95 bits per heavy atom. The van der Waals surface area contributed by atoms with Crippen molar-refractivity contribution in [1.29, 1.82) is 0 Å². The van der Waals surface area contributed by atoms with E-state index in [2.05, 4.69) is 22.1 Å². The van der Waals surface area contributed by atoms with Crippen LogP contribution in [0.1, 0.15) is 36.2 Å². The molecule has 1 heterocycles. The van der Waals surface area contributed by atoms with Crippen LogP contribution in [0.4, 0.5) is 0 Å². The summed E-state index contributed by atoms with van der Waals surface area (Å²) >= 11 is 0. The molecule has 108 valence electrons. The second-order valence-electron chi connectivity index (χ2n) is 4.84. The van der Waals surface area contributed by atoms with E-state index in [-0.39, 0.29) is 12.5 Å². The van der Waals surface area contributed by atoms with E-state index in [1.54, 1.807) is 25.6 Å². The summed E-state index contributed by atoms with van der Waals surface area (Å²) in [5.41, 5.74) is 0.594. The first-order chi connectivity index (χ1) is 9.50. The number of nitrogens with one attached hydrogen (secondary N) is 1. The summed E-state index contributed by atoms with van der Waals surface area (Å²) in [6.45, 7) is 4.18. The quantitative estimate of drug-likeness (QED) is 0.786. The van der Waals surface area contributed by atoms with Gasteiger partial charge in [-0.05, 0) is 19.9 Å². The predicted molar refractivity (Wildman–Crippen MR) is 76.2 cm³/mol. The number of aliphatic hydroxyl groups is 1. The van der Waals surface area contributed by atoms with Crippen molar-refractivity contribution in [2.24, 2.45) is 0 Å². The van der Waals surface area contributed by atoms with E-state index in [9.17, 15) is 4.79 Å². The van der Waals surface area contributed by atoms with Gasteiger partial charge in [-0.2, -0.15) is 0 Å². The smallest absolute Gasteiger partial charge is 0.252 e. The van der Waals surface area contributed by atoms with Gasteiger partial charge < -0.3 is 15.2 Å². The fourth-order valence-corrected chi connectivity index (χ4v) is 1.37. The van der Waals surface area contributed by atoms with E-state index in [4.69, 9.17) is 9.84 Å². The zero-order valence-corrected chi connectivity index (χ0v) is 12.1. The van der Waals surface area contributed by atoms with Crippen molar-refractivity contribution < 1.29 is 14.6 Å². The number of methoxy groups -OCH3 is 1. The number of aromatic nitrogens is 1. The second kappa shape index (κ2) is 7.63. The number of carbonyl (C=O) groups excluding carboxylic acids is 1. The van der Waals surface area contributed by atoms with Gasteiger partial charge in [-0.1, -0.05) is 11.8 Å². The normalized spacial score (nSPS) is 10.6. The first kappa shape index (κ1) is 16.2. The van der Waals surface area contributed by atoms with Crippen LogP contribution in [-0.2, 0) is 4.74 Å². The molecule has 0 aliphatic rings. The number of carbonyl (C=O) groups is 1. The number of amides is 1. The fourth-order valence-electron chi connectivity index (χ4n) is 1.37. The maximum absolute atomic E-state index is 12.1. The summed E-state index contributed by atoms with van der Waals surface area (Å²) in [5, 5.41) is 11.5. The third-order valence-electron chi connectivity index (χ3n) is 2.75. The Bertz CT molecular complexity index is 515. The Balaban J connectivity index is 2.81. The Labute approximate surface area is 119 Å². The molecule has 2 N–H and O–H groups in total. The Morgan fingerprint density at radius 1 is 1.55 bits per heavy atom. The van der Waals surface area contributed by atoms with Crippen molar-refractivity contribution in [3.63, 3.8) is 0 Å². The molecule has 0 atom stereocenters. The molecule has 0 radical (unpaired) electrons. The molecule has 0 saturated carbocycles. The monoisotopic (exact) mass is 276 g/mol. The average Bonchev–Trinajstić information content (AvgIpc) is 2.46. The van der Waals surface area contributed by atoms with Gasteiger partial charge in [0.15, 0.2) is 0 Å². The first-order valence-corrected chi connectivity index (χ1v) is 6.37. The van der Waals surface area contributed by atoms with Gasteiger partial charge in [-0.3, -0.25) is 9.78 Å². The maximum atomic E-state index is 12.1. The number of pyridine rings is 1. The van der Waals surface area contributed by atoms with Gasteiger partial charge in [0, 0.05) is 32.5 Å². The number of ether oxygens (including phenoxy) is 1. The molecule has 0 bridgehead atoms. The SMILES string of the molecule is COC(C)(C)CNC(=O)c1ccncc1C#CCCO. The van der Waals surface area contributed by atoms with E-state index in [0.29, 0.717) is 24.1 Å². The van der Waals surface area contributed by atoms with Crippen molar-refractivity contribution in [3.05, 3.63) is 29.6 Å². The summed E-state index contributed by atoms with van der Waals surface area (Å²) in [4.78, 5) is 16.1. The molecule has 20 heavy (non-hydrogen) atoms. The topological polar surface area (TPSA) is 71.5 Å². The number of hydrogen-bond donors (Lipinski definition) is 2. The minimum Gasteiger partial charge on any atom is -0.395 e. The lowest BCUT2D eigenvalue weighted by atomic mass is 10.1. The highest BCUT2D eigenvalue weighted by molar-refractivity contribution is 5.96. The molecule has 5 heteroatoms. The molecule has 5 nitrogen and oxygen atoms in total. The van der Waals surface area contributed by atoms with Gasteiger partial charge in [-0.25, -0.2) is 0 Å². The minimum absolute atomic E-state index is 0.00315. The molecule has 1 amide bonds. The number of aliphatic hydroxyl groups excluding tert-OH is 1. The molecular weight excluding hydrogens is 256 g/mol. The maximum Gasteiger partial charge on any atom is 0.252 e. The number of nitrogens with zero attached hydrogens (tertiary/aromatic N) is 1. The zero-order chi connectivity index (χ0) is 15.0. The molecule has 0 saturated heterocycles. The van der Waals surface area contributed by atoms with Crippen molar-refractivity contribution >= 4 is 5.91 Å². The summed E-state index contributed by atoms with van der Waals surface area (Å²) in [5.74, 6) is 5.41. The van der Waals surface area contributed by atoms with Crippen LogP contribution in [0.25, 0.3) is 0 Å². The van der Waals surface area contributed by atoms with E-state index in [1.807, 2.05) is 13.8 Å². The highest BCUT2D eigenvalue weighted by atomic mass is 16.5. The van der Waals surface area contributed by atoms with Crippen molar-refractivity contribution in [2.45, 2.75) is 25.9 Å². The molecular formula is C15H20N2O3. The van der Waals surface area contributed by atoms with Gasteiger partial charge in [0.05, 0.1) is 23.3 Å². The fraction of sp³-hybridized carbons (Fsp3) is 0.467. The second-order valence-corrected chi connectivity index (χ2v) is 4.84. The first-order valence-electron chi connectivity index (χ1n) is 6.37. The third kappa shape index (κ3) is 5.00. The number of rotatable bonds is 5. The van der Waals surface area contributed by atoms with Gasteiger partial charge >= 0.3 is 0 Å². The van der Waals surface area contributed by atoms with Crippen LogP contribution in [-0.4, -0.2) is 41.9 Å². The Hall–Kier alpha value is -1.90. The van der Waals surface area contributed by atoms with E-state index >= 15 is 0 Å². The predicted octanol–water partition coefficient (Wildman–Crippen LogP) is 0.970. The molecule has 0 spiro atoms. The van der Waals surface area contributed by atoms with Crippen LogP contribution in [0.2, 0.25) is 0 Å². The summed E-state index contributed by atoms with van der Waals surface area (Å²) in [6.07, 6.45) is 3.46. The molecule has 0 aromatic carbocycles. The molecule has 0 aliphatic heterocycles. The molecule has 1 aromatic rings. The average molecular weight is 276 g/mol. The van der Waals surface area contributed by atoms with Gasteiger partial charge in [0.25, 0.3) is 5.91 Å². The molecule has 1 aromatic heterocycles. The third-order valence-corrected chi connectivity index (χ3v) is 2.75. The van der Waals surface area contributed by atoms with Crippen LogP contribution in [0.3, 0.4) is 0 Å². The van der Waals surface area contributed by atoms with Gasteiger partial charge in [-0.15, -0.1) is 0 Å². The summed E-state index contributed by atoms with van der Waals surface area (Å²) in [7, 11) is 1.60. The van der Waals surface area contributed by atoms with Crippen LogP contribution in [0.15, 0.2) is 18.5 Å². The molecule has 0 aliphatic carbocycles. The van der Waals surface area contributed by atoms with Crippen LogP contribution < -0.4 is 5.32 Å². The summed E-state index contributed by atoms with van der Waals surface area (Å²) in [6, 6.07) is 1.62. The number of hydrogen-bond acceptors (Lipinski definition) is 4. The van der Waals surface area contributed by atoms with Gasteiger partial charge in [0.1, 0.15) is 0 Å². The van der Waals surface area contributed by atoms with Crippen molar-refractivity contribution in [2.75, 3.05) is 20.3 Å². The van der Waals surface area contributed by atoms with Crippen LogP contribution in [0.5, 0.6) is 0 Å². The van der Waals surface area contributed by atoms with Crippen LogP contribution in [0, 0.1) is 11.8 Å². The largest absolute Gasteiger partial charge is 0.395 e. The van der Waals surface area contributed by atoms with Crippen molar-refractivity contribution in [3.8, 4) is 11.8 Å². The van der Waals surface area contributed by atoms with Crippen LogP contribution >= 0.6 is 0 Å². The standard InChI is InChI=1S/C15H20N2O3/c1-15(2,20-3)11-17-14(19)13-7-8-16-10-12(13)6-4-5-9-18/h7-8,10,18H,5,9,11H2,1-3H3,(H,17,19). The van der Waals surface area contributed by atoms with E-state index in [1.165, 1.54) is 0 Å². The zero-order valence-electron chi connectivity index (χ0n) is 12.1. The highest BCUT2D eigenvalue weighted by Gasteiger charge is 2.18. The lowest BCUT2D eigenvalue weighted by molar-refractivity contribution is 0.0228. The van der Waals surface area contributed by atoms with E-state index in [0.717, 1.165) is 0 Å². The lowest BCUT2D eigenvalue weighted by Crippen LogP contribution is -2.39. The van der Waals surface area contributed by atoms with E-state index < -0.39 is 5.60 Å².